The first-order valence-electron chi connectivity index (χ1n) is 4.07. The van der Waals surface area contributed by atoms with Crippen LogP contribution in [0.5, 0.6) is 5.75 Å². The molecule has 0 saturated carbocycles. The van der Waals surface area contributed by atoms with E-state index in [1.54, 1.807) is 18.2 Å². The van der Waals surface area contributed by atoms with E-state index in [1.807, 2.05) is 13.8 Å². The van der Waals surface area contributed by atoms with E-state index in [0.717, 1.165) is 0 Å². The van der Waals surface area contributed by atoms with Gasteiger partial charge >= 0.3 is 0 Å². The van der Waals surface area contributed by atoms with Crippen molar-refractivity contribution in [2.24, 2.45) is 5.92 Å². The molecule has 0 atom stereocenters. The van der Waals surface area contributed by atoms with E-state index in [9.17, 15) is 4.39 Å². The van der Waals surface area contributed by atoms with Gasteiger partial charge in [-0.05, 0) is 18.1 Å². The van der Waals surface area contributed by atoms with Gasteiger partial charge in [0.1, 0.15) is 0 Å². The molecule has 0 bridgehead atoms. The molecule has 1 aromatic carbocycles. The summed E-state index contributed by atoms with van der Waals surface area (Å²) in [4.78, 5) is 0. The minimum Gasteiger partial charge on any atom is -0.490 e. The molecule has 1 rings (SSSR count). The Bertz CT molecular complexity index is 246. The maximum Gasteiger partial charge on any atom is 0.165 e. The maximum absolute atomic E-state index is 12.9. The highest BCUT2D eigenvalue weighted by molar-refractivity contribution is 5.23. The summed E-state index contributed by atoms with van der Waals surface area (Å²) in [7, 11) is 0. The zero-order valence-corrected chi connectivity index (χ0v) is 7.38. The lowest BCUT2D eigenvalue weighted by Crippen LogP contribution is -2.05. The number of halogens is 1. The van der Waals surface area contributed by atoms with Gasteiger partial charge in [-0.25, -0.2) is 4.39 Å². The van der Waals surface area contributed by atoms with Crippen LogP contribution in [0.4, 0.5) is 4.39 Å². The Morgan fingerprint density at radius 3 is 2.46 bits per heavy atom. The van der Waals surface area contributed by atoms with E-state index >= 15 is 0 Å². The fourth-order valence-corrected chi connectivity index (χ4v) is 0.818. The highest BCUT2D eigenvalue weighted by atomic mass is 19.1. The molecular formula is C11H17FO. The number of rotatable bonds is 3. The smallest absolute Gasteiger partial charge is 0.165 e. The molecule has 0 aliphatic rings. The summed E-state index contributed by atoms with van der Waals surface area (Å²) in [6.45, 7) is 4.61. The zero-order chi connectivity index (χ0) is 8.97. The lowest BCUT2D eigenvalue weighted by Gasteiger charge is -2.08. The van der Waals surface area contributed by atoms with Crippen molar-refractivity contribution in [1.82, 2.24) is 0 Å². The number of hydrogen-bond donors (Lipinski definition) is 0. The van der Waals surface area contributed by atoms with Crippen LogP contribution >= 0.6 is 0 Å². The molecule has 0 aromatic heterocycles. The van der Waals surface area contributed by atoms with E-state index in [2.05, 4.69) is 0 Å². The largest absolute Gasteiger partial charge is 0.490 e. The van der Waals surface area contributed by atoms with E-state index in [1.165, 1.54) is 6.07 Å². The lowest BCUT2D eigenvalue weighted by molar-refractivity contribution is 0.259. The molecule has 0 unspecified atom stereocenters. The zero-order valence-electron chi connectivity index (χ0n) is 7.38. The molecule has 0 saturated heterocycles. The molecule has 13 heavy (non-hydrogen) atoms. The SMILES string of the molecule is C.CC(C)COc1ccccc1F. The fraction of sp³-hybridized carbons (Fsp3) is 0.455. The first-order chi connectivity index (χ1) is 5.70. The fourth-order valence-electron chi connectivity index (χ4n) is 0.818. The van der Waals surface area contributed by atoms with Gasteiger partial charge < -0.3 is 4.74 Å². The van der Waals surface area contributed by atoms with Crippen molar-refractivity contribution in [3.8, 4) is 5.75 Å². The van der Waals surface area contributed by atoms with Gasteiger partial charge in [-0.15, -0.1) is 0 Å². The van der Waals surface area contributed by atoms with Crippen LogP contribution in [0.1, 0.15) is 21.3 Å². The summed E-state index contributed by atoms with van der Waals surface area (Å²) in [6, 6.07) is 6.45. The van der Waals surface area contributed by atoms with Crippen LogP contribution in [-0.2, 0) is 0 Å². The normalized spacial score (nSPS) is 9.54. The van der Waals surface area contributed by atoms with Gasteiger partial charge in [0.05, 0.1) is 6.61 Å². The minimum atomic E-state index is -0.293. The second kappa shape index (κ2) is 5.57. The second-order valence-corrected chi connectivity index (χ2v) is 3.14. The summed E-state index contributed by atoms with van der Waals surface area (Å²) < 4.78 is 18.1. The molecule has 0 amide bonds. The Hall–Kier alpha value is -1.05. The van der Waals surface area contributed by atoms with E-state index in [-0.39, 0.29) is 13.2 Å². The van der Waals surface area contributed by atoms with Crippen LogP contribution in [0.15, 0.2) is 24.3 Å². The molecular weight excluding hydrogens is 167 g/mol. The third-order valence-corrected chi connectivity index (χ3v) is 1.41. The summed E-state index contributed by atoms with van der Waals surface area (Å²) in [5.74, 6) is 0.467. The van der Waals surface area contributed by atoms with Crippen LogP contribution in [0.3, 0.4) is 0 Å². The highest BCUT2D eigenvalue weighted by Crippen LogP contribution is 2.15. The van der Waals surface area contributed by atoms with Crippen molar-refractivity contribution in [3.05, 3.63) is 30.1 Å². The van der Waals surface area contributed by atoms with Crippen molar-refractivity contribution in [1.29, 1.82) is 0 Å². The molecule has 0 radical (unpaired) electrons. The van der Waals surface area contributed by atoms with Crippen molar-refractivity contribution in [2.75, 3.05) is 6.61 Å². The van der Waals surface area contributed by atoms with Crippen LogP contribution in [0, 0.1) is 11.7 Å². The van der Waals surface area contributed by atoms with E-state index < -0.39 is 0 Å². The molecule has 1 aromatic rings. The topological polar surface area (TPSA) is 9.23 Å². The Morgan fingerprint density at radius 1 is 1.31 bits per heavy atom. The minimum absolute atomic E-state index is 0. The Balaban J connectivity index is 0.00000144. The standard InChI is InChI=1S/C10H13FO.CH4/c1-8(2)7-12-10-6-4-3-5-9(10)11;/h3-6,8H,7H2,1-2H3;1H4. The van der Waals surface area contributed by atoms with Crippen LogP contribution < -0.4 is 4.74 Å². The molecule has 0 aliphatic heterocycles. The van der Waals surface area contributed by atoms with E-state index in [4.69, 9.17) is 4.74 Å². The quantitative estimate of drug-likeness (QED) is 0.698. The number of para-hydroxylation sites is 1. The summed E-state index contributed by atoms with van der Waals surface area (Å²) in [5, 5.41) is 0. The maximum atomic E-state index is 12.9. The average Bonchev–Trinajstić information content (AvgIpc) is 2.03. The lowest BCUT2D eigenvalue weighted by atomic mass is 10.2. The summed E-state index contributed by atoms with van der Waals surface area (Å²) in [6.07, 6.45) is 0. The Labute approximate surface area is 79.5 Å². The summed E-state index contributed by atoms with van der Waals surface area (Å²) >= 11 is 0. The highest BCUT2D eigenvalue weighted by Gasteiger charge is 2.01. The third-order valence-electron chi connectivity index (χ3n) is 1.41. The average molecular weight is 184 g/mol. The molecule has 74 valence electrons. The molecule has 1 nitrogen and oxygen atoms in total. The van der Waals surface area contributed by atoms with Gasteiger partial charge in [0.15, 0.2) is 11.6 Å². The second-order valence-electron chi connectivity index (χ2n) is 3.14. The molecule has 0 aliphatic carbocycles. The number of ether oxygens (including phenoxy) is 1. The number of hydrogen-bond acceptors (Lipinski definition) is 1. The molecule has 0 fully saturated rings. The van der Waals surface area contributed by atoms with Gasteiger partial charge in [0.2, 0.25) is 0 Å². The van der Waals surface area contributed by atoms with Gasteiger partial charge in [0, 0.05) is 0 Å². The van der Waals surface area contributed by atoms with Crippen molar-refractivity contribution in [3.63, 3.8) is 0 Å². The van der Waals surface area contributed by atoms with Gasteiger partial charge in [-0.1, -0.05) is 33.4 Å². The van der Waals surface area contributed by atoms with Crippen LogP contribution in [-0.4, -0.2) is 6.61 Å². The summed E-state index contributed by atoms with van der Waals surface area (Å²) in [5.41, 5.74) is 0. The van der Waals surface area contributed by atoms with Gasteiger partial charge in [-0.2, -0.15) is 0 Å². The Morgan fingerprint density at radius 2 is 1.92 bits per heavy atom. The van der Waals surface area contributed by atoms with E-state index in [0.29, 0.717) is 18.3 Å². The molecule has 0 N–H and O–H groups in total. The van der Waals surface area contributed by atoms with Crippen molar-refractivity contribution in [2.45, 2.75) is 21.3 Å². The van der Waals surface area contributed by atoms with Crippen LogP contribution in [0.2, 0.25) is 0 Å². The first-order valence-corrected chi connectivity index (χ1v) is 4.07. The van der Waals surface area contributed by atoms with Crippen molar-refractivity contribution >= 4 is 0 Å². The monoisotopic (exact) mass is 184 g/mol. The molecule has 0 heterocycles. The van der Waals surface area contributed by atoms with Crippen molar-refractivity contribution < 1.29 is 9.13 Å². The van der Waals surface area contributed by atoms with Crippen LogP contribution in [0.25, 0.3) is 0 Å². The van der Waals surface area contributed by atoms with Gasteiger partial charge in [0.25, 0.3) is 0 Å². The number of benzene rings is 1. The Kier molecular flexibility index (Phi) is 5.12. The predicted octanol–water partition coefficient (Wildman–Crippen LogP) is 3.50. The van der Waals surface area contributed by atoms with Gasteiger partial charge in [-0.3, -0.25) is 0 Å². The molecule has 2 heteroatoms. The predicted molar refractivity (Wildman–Crippen MR) is 53.5 cm³/mol. The third kappa shape index (κ3) is 3.92. The first kappa shape index (κ1) is 11.9. The molecule has 0 spiro atoms.